The third-order valence-corrected chi connectivity index (χ3v) is 8.02. The molecule has 1 aromatic carbocycles. The van der Waals surface area contributed by atoms with Gasteiger partial charge in [-0.25, -0.2) is 17.8 Å². The quantitative estimate of drug-likeness (QED) is 0.413. The number of hydrogen-bond donors (Lipinski definition) is 1. The Morgan fingerprint density at radius 3 is 2.44 bits per heavy atom. The summed E-state index contributed by atoms with van der Waals surface area (Å²) in [5, 5.41) is 2.59. The summed E-state index contributed by atoms with van der Waals surface area (Å²) in [5.41, 5.74) is -0.840. The molecule has 0 radical (unpaired) electrons. The highest BCUT2D eigenvalue weighted by Crippen LogP contribution is 2.31. The van der Waals surface area contributed by atoms with Crippen LogP contribution in [-0.2, 0) is 38.6 Å². The van der Waals surface area contributed by atoms with Crippen LogP contribution in [0.1, 0.15) is 29.7 Å². The van der Waals surface area contributed by atoms with Gasteiger partial charge < -0.3 is 19.1 Å². The van der Waals surface area contributed by atoms with E-state index >= 15 is 0 Å². The summed E-state index contributed by atoms with van der Waals surface area (Å²) in [6.07, 6.45) is -4.71. The molecule has 0 bridgehead atoms. The summed E-state index contributed by atoms with van der Waals surface area (Å²) in [6.45, 7) is 1.20. The first-order chi connectivity index (χ1) is 16.7. The molecule has 36 heavy (non-hydrogen) atoms. The molecule has 1 aliphatic rings. The summed E-state index contributed by atoms with van der Waals surface area (Å²) in [7, 11) is -2.13. The van der Waals surface area contributed by atoms with E-state index in [4.69, 9.17) is 0 Å². The molecule has 198 valence electrons. The lowest BCUT2D eigenvalue weighted by molar-refractivity contribution is -0.141. The van der Waals surface area contributed by atoms with E-state index in [0.29, 0.717) is 4.31 Å². The molecule has 2 atom stereocenters. The number of hydrogen-bond acceptors (Lipinski definition) is 7. The Labute approximate surface area is 207 Å². The van der Waals surface area contributed by atoms with Crippen molar-refractivity contribution in [3.63, 3.8) is 0 Å². The standard InChI is InChI=1S/C21H24F4N4O5S2/c1-13(14-3-5-17(16(22)11-14)28(2)35(31)32)20(30)26-12-15-4-6-18(21(23,24)25)27-19(15)29-7-9-36(33,34)10-8-29/h3-6,11,13H,7-10,12H2,1-2H3,(H,26,30)(H,31,32)/p-1. The number of sulfone groups is 1. The number of alkyl halides is 3. The van der Waals surface area contributed by atoms with Crippen LogP contribution in [-0.4, -0.2) is 59.7 Å². The molecule has 1 aromatic heterocycles. The lowest BCUT2D eigenvalue weighted by atomic mass is 9.99. The molecule has 1 fully saturated rings. The van der Waals surface area contributed by atoms with Crippen molar-refractivity contribution < 1.29 is 39.5 Å². The molecule has 3 rings (SSSR count). The molecular formula is C21H23F4N4O5S2-. The minimum absolute atomic E-state index is 0.0395. The fourth-order valence-corrected chi connectivity index (χ4v) is 5.10. The van der Waals surface area contributed by atoms with Gasteiger partial charge >= 0.3 is 6.18 Å². The first-order valence-corrected chi connectivity index (χ1v) is 13.5. The molecule has 2 aromatic rings. The van der Waals surface area contributed by atoms with Gasteiger partial charge in [0.05, 0.1) is 23.1 Å². The Bertz CT molecular complexity index is 1260. The second-order valence-electron chi connectivity index (χ2n) is 8.18. The number of pyridine rings is 1. The van der Waals surface area contributed by atoms with E-state index in [-0.39, 0.29) is 53.8 Å². The molecule has 15 heteroatoms. The molecule has 9 nitrogen and oxygen atoms in total. The lowest BCUT2D eigenvalue weighted by Gasteiger charge is -2.30. The number of aromatic nitrogens is 1. The summed E-state index contributed by atoms with van der Waals surface area (Å²) in [4.78, 5) is 17.9. The van der Waals surface area contributed by atoms with Gasteiger partial charge in [0.25, 0.3) is 0 Å². The average molecular weight is 552 g/mol. The summed E-state index contributed by atoms with van der Waals surface area (Å²) < 4.78 is 100. The van der Waals surface area contributed by atoms with Crippen LogP contribution in [0.15, 0.2) is 30.3 Å². The number of carbonyl (C=O) groups is 1. The predicted octanol–water partition coefficient (Wildman–Crippen LogP) is 2.12. The average Bonchev–Trinajstić information content (AvgIpc) is 2.80. The molecule has 0 spiro atoms. The second-order valence-corrected chi connectivity index (χ2v) is 11.5. The van der Waals surface area contributed by atoms with Crippen LogP contribution in [0, 0.1) is 5.82 Å². The third kappa shape index (κ3) is 6.50. The summed E-state index contributed by atoms with van der Waals surface area (Å²) in [5.74, 6) is -2.82. The molecule has 1 saturated heterocycles. The third-order valence-electron chi connectivity index (χ3n) is 5.77. The van der Waals surface area contributed by atoms with Crippen molar-refractivity contribution >= 4 is 38.5 Å². The van der Waals surface area contributed by atoms with Crippen molar-refractivity contribution in [1.82, 2.24) is 10.3 Å². The zero-order chi connectivity index (χ0) is 26.8. The van der Waals surface area contributed by atoms with Crippen LogP contribution >= 0.6 is 0 Å². The highest BCUT2D eigenvalue weighted by atomic mass is 32.2. The monoisotopic (exact) mass is 551 g/mol. The highest BCUT2D eigenvalue weighted by molar-refractivity contribution is 7.91. The number of carbonyl (C=O) groups excluding carboxylic acids is 1. The van der Waals surface area contributed by atoms with Crippen molar-refractivity contribution in [2.24, 2.45) is 0 Å². The maximum Gasteiger partial charge on any atom is 0.433 e. The molecule has 2 heterocycles. The van der Waals surface area contributed by atoms with Gasteiger partial charge in [-0.2, -0.15) is 13.2 Å². The number of halogens is 4. The van der Waals surface area contributed by atoms with Crippen LogP contribution in [0.4, 0.5) is 29.1 Å². The Balaban J connectivity index is 1.78. The van der Waals surface area contributed by atoms with Gasteiger partial charge in [-0.3, -0.25) is 9.00 Å². The van der Waals surface area contributed by atoms with E-state index in [2.05, 4.69) is 10.3 Å². The van der Waals surface area contributed by atoms with Crippen molar-refractivity contribution in [3.05, 3.63) is 53.0 Å². The number of amides is 1. The largest absolute Gasteiger partial charge is 0.755 e. The van der Waals surface area contributed by atoms with Gasteiger partial charge in [0, 0.05) is 43.5 Å². The number of rotatable bonds is 7. The second kappa shape index (κ2) is 10.7. The maximum absolute atomic E-state index is 14.4. The molecule has 0 aliphatic carbocycles. The molecule has 2 unspecified atom stereocenters. The molecule has 1 aliphatic heterocycles. The van der Waals surface area contributed by atoms with E-state index in [1.807, 2.05) is 0 Å². The van der Waals surface area contributed by atoms with Crippen LogP contribution in [0.3, 0.4) is 0 Å². The zero-order valence-electron chi connectivity index (χ0n) is 19.2. The lowest BCUT2D eigenvalue weighted by Crippen LogP contribution is -2.41. The van der Waals surface area contributed by atoms with Crippen LogP contribution in [0.5, 0.6) is 0 Å². The van der Waals surface area contributed by atoms with E-state index in [1.54, 1.807) is 0 Å². The van der Waals surface area contributed by atoms with Crippen LogP contribution in [0.2, 0.25) is 0 Å². The van der Waals surface area contributed by atoms with E-state index in [9.17, 15) is 39.5 Å². The Hall–Kier alpha value is -2.78. The molecule has 1 amide bonds. The van der Waals surface area contributed by atoms with Gasteiger partial charge in [-0.1, -0.05) is 12.1 Å². The van der Waals surface area contributed by atoms with Gasteiger partial charge in [-0.15, -0.1) is 0 Å². The van der Waals surface area contributed by atoms with Crippen molar-refractivity contribution in [3.8, 4) is 0 Å². The highest BCUT2D eigenvalue weighted by Gasteiger charge is 2.34. The SMILES string of the molecule is CC(C(=O)NCc1ccc(C(F)(F)F)nc1N1CCS(=O)(=O)CC1)c1ccc(N(C)S(=O)[O-])c(F)c1. The van der Waals surface area contributed by atoms with Gasteiger partial charge in [-0.05, 0) is 30.7 Å². The maximum atomic E-state index is 14.4. The van der Waals surface area contributed by atoms with Crippen LogP contribution < -0.4 is 14.5 Å². The minimum Gasteiger partial charge on any atom is -0.755 e. The van der Waals surface area contributed by atoms with E-state index < -0.39 is 50.6 Å². The van der Waals surface area contributed by atoms with E-state index in [0.717, 1.165) is 19.2 Å². The number of anilines is 2. The smallest absolute Gasteiger partial charge is 0.433 e. The first-order valence-electron chi connectivity index (χ1n) is 10.6. The summed E-state index contributed by atoms with van der Waals surface area (Å²) >= 11 is -2.69. The number of nitrogens with one attached hydrogen (secondary N) is 1. The van der Waals surface area contributed by atoms with Gasteiger partial charge in [0.15, 0.2) is 9.84 Å². The predicted molar refractivity (Wildman–Crippen MR) is 124 cm³/mol. The van der Waals surface area contributed by atoms with E-state index in [1.165, 1.54) is 30.0 Å². The number of nitrogens with zero attached hydrogens (tertiary/aromatic N) is 3. The Morgan fingerprint density at radius 2 is 1.89 bits per heavy atom. The normalized spacial score (nSPS) is 17.4. The van der Waals surface area contributed by atoms with Gasteiger partial charge in [0.2, 0.25) is 5.91 Å². The topological polar surface area (TPSA) is 123 Å². The Morgan fingerprint density at radius 1 is 1.25 bits per heavy atom. The number of benzene rings is 1. The fraction of sp³-hybridized carbons (Fsp3) is 0.429. The van der Waals surface area contributed by atoms with Crippen molar-refractivity contribution in [2.75, 3.05) is 40.8 Å². The molecular weight excluding hydrogens is 528 g/mol. The van der Waals surface area contributed by atoms with Gasteiger partial charge in [0.1, 0.15) is 17.3 Å². The zero-order valence-corrected chi connectivity index (χ0v) is 20.8. The Kier molecular flexibility index (Phi) is 8.25. The molecule has 0 saturated carbocycles. The first kappa shape index (κ1) is 27.8. The van der Waals surface area contributed by atoms with Crippen LogP contribution in [0.25, 0.3) is 0 Å². The minimum atomic E-state index is -4.71. The molecule has 1 N–H and O–H groups in total. The van der Waals surface area contributed by atoms with Crippen molar-refractivity contribution in [1.29, 1.82) is 0 Å². The van der Waals surface area contributed by atoms with Crippen molar-refractivity contribution in [2.45, 2.75) is 25.6 Å². The summed E-state index contributed by atoms with van der Waals surface area (Å²) in [6, 6.07) is 5.59. The fourth-order valence-electron chi connectivity index (χ4n) is 3.59.